The van der Waals surface area contributed by atoms with E-state index in [-0.39, 0.29) is 23.5 Å². The Labute approximate surface area is 240 Å². The third-order valence-corrected chi connectivity index (χ3v) is 7.90. The first kappa shape index (κ1) is 28.3. The first-order valence-corrected chi connectivity index (χ1v) is 14.2. The summed E-state index contributed by atoms with van der Waals surface area (Å²) >= 11 is 0. The average Bonchev–Trinajstić information content (AvgIpc) is 3.53. The van der Waals surface area contributed by atoms with Gasteiger partial charge in [-0.15, -0.1) is 0 Å². The Hall–Kier alpha value is -4.24. The predicted octanol–water partition coefficient (Wildman–Crippen LogP) is 4.33. The number of hydrogen-bond acceptors (Lipinski definition) is 5. The van der Waals surface area contributed by atoms with Gasteiger partial charge in [-0.3, -0.25) is 14.4 Å². The average molecular weight is 555 g/mol. The smallest absolute Gasteiger partial charge is 0.270 e. The van der Waals surface area contributed by atoms with Crippen LogP contribution in [0.3, 0.4) is 0 Å². The van der Waals surface area contributed by atoms with Gasteiger partial charge in [0, 0.05) is 47.9 Å². The van der Waals surface area contributed by atoms with Gasteiger partial charge in [-0.2, -0.15) is 0 Å². The molecule has 0 spiro atoms. The molecule has 41 heavy (non-hydrogen) atoms. The highest BCUT2D eigenvalue weighted by atomic mass is 16.2. The van der Waals surface area contributed by atoms with E-state index in [0.717, 1.165) is 40.8 Å². The SMILES string of the molecule is Cc1[nH]c(C(=O)N2CCC(C(=O)NCCCN(C)C)CC2)c(C)c1-c1nc2ccc(C(=O)c3ccccc3)cc2[nH]1. The molecule has 3 heterocycles. The van der Waals surface area contributed by atoms with Gasteiger partial charge in [0.2, 0.25) is 5.91 Å². The third-order valence-electron chi connectivity index (χ3n) is 7.90. The molecule has 9 nitrogen and oxygen atoms in total. The van der Waals surface area contributed by atoms with Gasteiger partial charge in [-0.1, -0.05) is 30.3 Å². The fourth-order valence-corrected chi connectivity index (χ4v) is 5.60. The zero-order chi connectivity index (χ0) is 29.1. The molecule has 214 valence electrons. The summed E-state index contributed by atoms with van der Waals surface area (Å²) in [6.07, 6.45) is 2.23. The van der Waals surface area contributed by atoms with Gasteiger partial charge >= 0.3 is 0 Å². The summed E-state index contributed by atoms with van der Waals surface area (Å²) < 4.78 is 0. The van der Waals surface area contributed by atoms with E-state index in [1.165, 1.54) is 0 Å². The number of amides is 2. The van der Waals surface area contributed by atoms with Gasteiger partial charge in [0.1, 0.15) is 11.5 Å². The van der Waals surface area contributed by atoms with Crippen LogP contribution in [-0.2, 0) is 4.79 Å². The lowest BCUT2D eigenvalue weighted by molar-refractivity contribution is -0.126. The number of carbonyl (C=O) groups excluding carboxylic acids is 3. The van der Waals surface area contributed by atoms with Crippen molar-refractivity contribution < 1.29 is 14.4 Å². The molecule has 0 atom stereocenters. The number of aromatic nitrogens is 3. The van der Waals surface area contributed by atoms with Crippen molar-refractivity contribution in [3.05, 3.63) is 76.6 Å². The molecule has 4 aromatic rings. The van der Waals surface area contributed by atoms with Gasteiger partial charge in [0.15, 0.2) is 5.78 Å². The minimum Gasteiger partial charge on any atom is -0.356 e. The van der Waals surface area contributed by atoms with E-state index in [1.54, 1.807) is 18.2 Å². The fraction of sp³-hybridized carbons (Fsp3) is 0.375. The van der Waals surface area contributed by atoms with Gasteiger partial charge in [0.25, 0.3) is 5.91 Å². The number of imidazole rings is 1. The molecular weight excluding hydrogens is 516 g/mol. The highest BCUT2D eigenvalue weighted by Gasteiger charge is 2.30. The zero-order valence-corrected chi connectivity index (χ0v) is 24.2. The van der Waals surface area contributed by atoms with Crippen LogP contribution in [-0.4, -0.2) is 82.6 Å². The maximum atomic E-state index is 13.5. The van der Waals surface area contributed by atoms with E-state index < -0.39 is 0 Å². The van der Waals surface area contributed by atoms with Crippen molar-refractivity contribution in [1.29, 1.82) is 0 Å². The predicted molar refractivity (Wildman–Crippen MR) is 160 cm³/mol. The molecule has 9 heteroatoms. The number of hydrogen-bond donors (Lipinski definition) is 3. The Bertz CT molecular complexity index is 1560. The van der Waals surface area contributed by atoms with Crippen molar-refractivity contribution in [3.63, 3.8) is 0 Å². The Morgan fingerprint density at radius 3 is 2.44 bits per heavy atom. The topological polar surface area (TPSA) is 114 Å². The maximum Gasteiger partial charge on any atom is 0.270 e. The van der Waals surface area contributed by atoms with E-state index >= 15 is 0 Å². The van der Waals surface area contributed by atoms with Crippen LogP contribution in [0.5, 0.6) is 0 Å². The zero-order valence-electron chi connectivity index (χ0n) is 24.2. The number of nitrogens with zero attached hydrogens (tertiary/aromatic N) is 3. The summed E-state index contributed by atoms with van der Waals surface area (Å²) in [5, 5.41) is 3.05. The molecule has 0 unspecified atom stereocenters. The number of aromatic amines is 2. The number of rotatable bonds is 9. The highest BCUT2D eigenvalue weighted by Crippen LogP contribution is 2.31. The third kappa shape index (κ3) is 6.10. The van der Waals surface area contributed by atoms with Crippen molar-refractivity contribution in [2.45, 2.75) is 33.1 Å². The largest absolute Gasteiger partial charge is 0.356 e. The lowest BCUT2D eigenvalue weighted by Gasteiger charge is -2.31. The second-order valence-electron chi connectivity index (χ2n) is 11.2. The first-order chi connectivity index (χ1) is 19.7. The van der Waals surface area contributed by atoms with E-state index in [0.29, 0.717) is 55.1 Å². The normalized spacial score (nSPS) is 14.1. The molecule has 2 aromatic heterocycles. The lowest BCUT2D eigenvalue weighted by atomic mass is 9.95. The minimum absolute atomic E-state index is 0.0453. The molecule has 0 aliphatic carbocycles. The van der Waals surface area contributed by atoms with Crippen LogP contribution < -0.4 is 5.32 Å². The number of piperidine rings is 1. The summed E-state index contributed by atoms with van der Waals surface area (Å²) in [6, 6.07) is 14.7. The maximum absolute atomic E-state index is 13.5. The molecule has 2 aromatic carbocycles. The van der Waals surface area contributed by atoms with Crippen molar-refractivity contribution in [2.24, 2.45) is 5.92 Å². The Morgan fingerprint density at radius 2 is 1.73 bits per heavy atom. The van der Waals surface area contributed by atoms with Crippen LogP contribution in [0, 0.1) is 19.8 Å². The van der Waals surface area contributed by atoms with Crippen molar-refractivity contribution in [1.82, 2.24) is 30.1 Å². The number of benzene rings is 2. The number of carbonyl (C=O) groups is 3. The molecule has 3 N–H and O–H groups in total. The molecular formula is C32H38N6O3. The van der Waals surface area contributed by atoms with E-state index in [1.807, 2.05) is 63.2 Å². The number of aryl methyl sites for hydroxylation is 1. The summed E-state index contributed by atoms with van der Waals surface area (Å²) in [4.78, 5) is 54.4. The first-order valence-electron chi connectivity index (χ1n) is 14.2. The number of ketones is 1. The fourth-order valence-electron chi connectivity index (χ4n) is 5.60. The van der Waals surface area contributed by atoms with Gasteiger partial charge in [-0.05, 0) is 77.5 Å². The molecule has 2 amide bonds. The van der Waals surface area contributed by atoms with E-state index in [4.69, 9.17) is 4.98 Å². The molecule has 0 saturated carbocycles. The van der Waals surface area contributed by atoms with Crippen LogP contribution >= 0.6 is 0 Å². The molecule has 0 bridgehead atoms. The summed E-state index contributed by atoms with van der Waals surface area (Å²) in [7, 11) is 4.04. The lowest BCUT2D eigenvalue weighted by Crippen LogP contribution is -2.43. The summed E-state index contributed by atoms with van der Waals surface area (Å²) in [5.41, 5.74) is 5.80. The van der Waals surface area contributed by atoms with Gasteiger partial charge < -0.3 is 25.1 Å². The number of fused-ring (bicyclic) bond motifs is 1. The minimum atomic E-state index is -0.0615. The summed E-state index contributed by atoms with van der Waals surface area (Å²) in [5.74, 6) is 0.571. The molecule has 1 fully saturated rings. The van der Waals surface area contributed by atoms with Crippen molar-refractivity contribution in [2.75, 3.05) is 40.3 Å². The van der Waals surface area contributed by atoms with Crippen LogP contribution in [0.25, 0.3) is 22.4 Å². The van der Waals surface area contributed by atoms with Gasteiger partial charge in [-0.25, -0.2) is 4.98 Å². The van der Waals surface area contributed by atoms with E-state index in [9.17, 15) is 14.4 Å². The van der Waals surface area contributed by atoms with Crippen molar-refractivity contribution in [3.8, 4) is 11.4 Å². The quantitative estimate of drug-likeness (QED) is 0.211. The Kier molecular flexibility index (Phi) is 8.35. The second kappa shape index (κ2) is 12.1. The highest BCUT2D eigenvalue weighted by molar-refractivity contribution is 6.10. The van der Waals surface area contributed by atoms with E-state index in [2.05, 4.69) is 20.2 Å². The van der Waals surface area contributed by atoms with Crippen LogP contribution in [0.15, 0.2) is 48.5 Å². The number of likely N-dealkylation sites (tertiary alicyclic amines) is 1. The molecule has 0 radical (unpaired) electrons. The standard InChI is InChI=1S/C32H38N6O3/c1-20-27(30-35-25-12-11-24(19-26(25)36-30)29(39)22-9-6-5-7-10-22)21(2)34-28(20)32(41)38-17-13-23(14-18-38)31(40)33-15-8-16-37(3)4/h5-7,9-12,19,23,34H,8,13-18H2,1-4H3,(H,33,40)(H,35,36). The Balaban J connectivity index is 1.27. The van der Waals surface area contributed by atoms with Crippen LogP contribution in [0.1, 0.15) is 56.9 Å². The van der Waals surface area contributed by atoms with Crippen LogP contribution in [0.2, 0.25) is 0 Å². The monoisotopic (exact) mass is 554 g/mol. The Morgan fingerprint density at radius 1 is 1.00 bits per heavy atom. The molecule has 5 rings (SSSR count). The summed E-state index contributed by atoms with van der Waals surface area (Å²) in [6.45, 7) is 6.56. The molecule has 1 saturated heterocycles. The van der Waals surface area contributed by atoms with Gasteiger partial charge in [0.05, 0.1) is 11.0 Å². The number of H-pyrrole nitrogens is 2. The second-order valence-corrected chi connectivity index (χ2v) is 11.2. The van der Waals surface area contributed by atoms with Crippen LogP contribution in [0.4, 0.5) is 0 Å². The molecule has 1 aliphatic rings. The molecule has 1 aliphatic heterocycles. The van der Waals surface area contributed by atoms with Crippen molar-refractivity contribution >= 4 is 28.6 Å². The number of nitrogens with one attached hydrogen (secondary N) is 3.